The van der Waals surface area contributed by atoms with Crippen LogP contribution in [-0.4, -0.2) is 24.5 Å². The highest BCUT2D eigenvalue weighted by molar-refractivity contribution is 7.17. The molecule has 0 atom stereocenters. The minimum absolute atomic E-state index is 0.0768. The number of methoxy groups -OCH3 is 1. The van der Waals surface area contributed by atoms with Crippen LogP contribution in [0, 0.1) is 6.92 Å². The molecule has 25 heavy (non-hydrogen) atoms. The van der Waals surface area contributed by atoms with Crippen LogP contribution in [0.25, 0.3) is 10.6 Å². The number of benzene rings is 2. The van der Waals surface area contributed by atoms with Crippen molar-refractivity contribution < 1.29 is 9.53 Å². The molecular formula is C20H20N2O2S. The van der Waals surface area contributed by atoms with Crippen LogP contribution in [0.3, 0.4) is 0 Å². The Balaban J connectivity index is 1.65. The molecular weight excluding hydrogens is 332 g/mol. The Hall–Kier alpha value is -2.66. The minimum Gasteiger partial charge on any atom is -0.496 e. The topological polar surface area (TPSA) is 51.2 Å². The maximum Gasteiger partial charge on any atom is 0.263 e. The average Bonchev–Trinajstić information content (AvgIpc) is 3.04. The number of carbonyl (C=O) groups excluding carboxylic acids is 1. The molecule has 0 spiro atoms. The molecule has 3 rings (SSSR count). The van der Waals surface area contributed by atoms with Crippen molar-refractivity contribution in [3.8, 4) is 16.3 Å². The Bertz CT molecular complexity index is 859. The number of hydrogen-bond donors (Lipinski definition) is 1. The van der Waals surface area contributed by atoms with E-state index in [-0.39, 0.29) is 5.91 Å². The molecule has 4 nitrogen and oxygen atoms in total. The third-order valence-electron chi connectivity index (χ3n) is 3.90. The Morgan fingerprint density at radius 2 is 1.84 bits per heavy atom. The lowest BCUT2D eigenvalue weighted by Gasteiger charge is -2.08. The molecule has 0 saturated carbocycles. The van der Waals surface area contributed by atoms with Gasteiger partial charge in [-0.3, -0.25) is 4.79 Å². The van der Waals surface area contributed by atoms with Gasteiger partial charge in [0.25, 0.3) is 5.91 Å². The van der Waals surface area contributed by atoms with Gasteiger partial charge in [0, 0.05) is 12.1 Å². The maximum absolute atomic E-state index is 12.5. The summed E-state index contributed by atoms with van der Waals surface area (Å²) in [6.07, 6.45) is 0.721. The molecule has 0 unspecified atom stereocenters. The molecule has 0 aliphatic heterocycles. The zero-order chi connectivity index (χ0) is 17.6. The molecule has 128 valence electrons. The van der Waals surface area contributed by atoms with Gasteiger partial charge in [0.1, 0.15) is 15.6 Å². The van der Waals surface area contributed by atoms with Gasteiger partial charge in [-0.25, -0.2) is 4.98 Å². The second kappa shape index (κ2) is 7.94. The third kappa shape index (κ3) is 4.06. The van der Waals surface area contributed by atoms with Crippen molar-refractivity contribution in [2.24, 2.45) is 0 Å². The zero-order valence-electron chi connectivity index (χ0n) is 14.3. The number of aromatic nitrogens is 1. The van der Waals surface area contributed by atoms with Gasteiger partial charge in [0.15, 0.2) is 0 Å². The number of carbonyl (C=O) groups is 1. The second-order valence-electron chi connectivity index (χ2n) is 5.62. The summed E-state index contributed by atoms with van der Waals surface area (Å²) in [4.78, 5) is 17.7. The van der Waals surface area contributed by atoms with Crippen LogP contribution in [0.1, 0.15) is 20.9 Å². The molecule has 0 aliphatic carbocycles. The lowest BCUT2D eigenvalue weighted by Crippen LogP contribution is -2.25. The molecule has 5 heteroatoms. The SMILES string of the molecule is COc1ccccc1CCNC(=O)c1sc(-c2ccccc2)nc1C. The first-order valence-electron chi connectivity index (χ1n) is 8.12. The summed E-state index contributed by atoms with van der Waals surface area (Å²) in [7, 11) is 1.66. The first kappa shape index (κ1) is 17.2. The fraction of sp³-hybridized carbons (Fsp3) is 0.200. The molecule has 1 heterocycles. The van der Waals surface area contributed by atoms with Crippen molar-refractivity contribution in [3.63, 3.8) is 0 Å². The highest BCUT2D eigenvalue weighted by Gasteiger charge is 2.16. The van der Waals surface area contributed by atoms with Gasteiger partial charge < -0.3 is 10.1 Å². The highest BCUT2D eigenvalue weighted by atomic mass is 32.1. The van der Waals surface area contributed by atoms with E-state index in [1.807, 2.05) is 61.5 Å². The molecule has 3 aromatic rings. The van der Waals surface area contributed by atoms with Gasteiger partial charge in [-0.2, -0.15) is 0 Å². The third-order valence-corrected chi connectivity index (χ3v) is 5.10. The molecule has 0 fully saturated rings. The standard InChI is InChI=1S/C20H20N2O2S/c1-14-18(25-20(22-14)16-9-4-3-5-10-16)19(23)21-13-12-15-8-6-7-11-17(15)24-2/h3-11H,12-13H2,1-2H3,(H,21,23). The van der Waals surface area contributed by atoms with Crippen molar-refractivity contribution in [3.05, 3.63) is 70.7 Å². The van der Waals surface area contributed by atoms with E-state index >= 15 is 0 Å². The summed E-state index contributed by atoms with van der Waals surface area (Å²) < 4.78 is 5.34. The molecule has 1 aromatic heterocycles. The molecule has 0 aliphatic rings. The van der Waals surface area contributed by atoms with E-state index < -0.39 is 0 Å². The first-order valence-corrected chi connectivity index (χ1v) is 8.93. The number of amides is 1. The molecule has 0 bridgehead atoms. The number of ether oxygens (including phenoxy) is 1. The van der Waals surface area contributed by atoms with Crippen molar-refractivity contribution in [1.29, 1.82) is 0 Å². The van der Waals surface area contributed by atoms with Gasteiger partial charge in [-0.1, -0.05) is 48.5 Å². The highest BCUT2D eigenvalue weighted by Crippen LogP contribution is 2.27. The molecule has 1 amide bonds. The van der Waals surface area contributed by atoms with Crippen LogP contribution in [0.4, 0.5) is 0 Å². The molecule has 2 aromatic carbocycles. The molecule has 1 N–H and O–H groups in total. The number of thiazole rings is 1. The van der Waals surface area contributed by atoms with Gasteiger partial charge >= 0.3 is 0 Å². The van der Waals surface area contributed by atoms with Gasteiger partial charge in [0.05, 0.1) is 12.8 Å². The summed E-state index contributed by atoms with van der Waals surface area (Å²) in [6, 6.07) is 17.8. The number of nitrogens with one attached hydrogen (secondary N) is 1. The van der Waals surface area contributed by atoms with E-state index in [4.69, 9.17) is 4.74 Å². The van der Waals surface area contributed by atoms with Crippen LogP contribution < -0.4 is 10.1 Å². The number of aryl methyl sites for hydroxylation is 1. The number of rotatable bonds is 6. The summed E-state index contributed by atoms with van der Waals surface area (Å²) >= 11 is 1.43. The zero-order valence-corrected chi connectivity index (χ0v) is 15.1. The molecule has 0 saturated heterocycles. The quantitative estimate of drug-likeness (QED) is 0.727. The van der Waals surface area contributed by atoms with E-state index in [2.05, 4.69) is 10.3 Å². The van der Waals surface area contributed by atoms with Gasteiger partial charge in [-0.05, 0) is 25.0 Å². The minimum atomic E-state index is -0.0768. The van der Waals surface area contributed by atoms with Crippen molar-refractivity contribution in [2.75, 3.05) is 13.7 Å². The summed E-state index contributed by atoms with van der Waals surface area (Å²) in [5, 5.41) is 3.85. The Morgan fingerprint density at radius 1 is 1.12 bits per heavy atom. The van der Waals surface area contributed by atoms with E-state index in [0.29, 0.717) is 11.4 Å². The van der Waals surface area contributed by atoms with E-state index in [1.165, 1.54) is 11.3 Å². The predicted molar refractivity (Wildman–Crippen MR) is 101 cm³/mol. The van der Waals surface area contributed by atoms with E-state index in [1.54, 1.807) is 7.11 Å². The Kier molecular flexibility index (Phi) is 5.46. The largest absolute Gasteiger partial charge is 0.496 e. The van der Waals surface area contributed by atoms with Crippen LogP contribution in [0.2, 0.25) is 0 Å². The van der Waals surface area contributed by atoms with Crippen molar-refractivity contribution in [1.82, 2.24) is 10.3 Å². The fourth-order valence-corrected chi connectivity index (χ4v) is 3.60. The summed E-state index contributed by atoms with van der Waals surface area (Å²) in [5.41, 5.74) is 2.87. The number of nitrogens with zero attached hydrogens (tertiary/aromatic N) is 1. The number of hydrogen-bond acceptors (Lipinski definition) is 4. The second-order valence-corrected chi connectivity index (χ2v) is 6.62. The fourth-order valence-electron chi connectivity index (χ4n) is 2.61. The van der Waals surface area contributed by atoms with Crippen LogP contribution in [0.5, 0.6) is 5.75 Å². The van der Waals surface area contributed by atoms with Crippen molar-refractivity contribution in [2.45, 2.75) is 13.3 Å². The maximum atomic E-state index is 12.5. The smallest absolute Gasteiger partial charge is 0.263 e. The summed E-state index contributed by atoms with van der Waals surface area (Å²) in [5.74, 6) is 0.768. The monoisotopic (exact) mass is 352 g/mol. The Labute approximate surface area is 151 Å². The van der Waals surface area contributed by atoms with Crippen LogP contribution in [0.15, 0.2) is 54.6 Å². The lowest BCUT2D eigenvalue weighted by molar-refractivity contribution is 0.0957. The average molecular weight is 352 g/mol. The lowest BCUT2D eigenvalue weighted by atomic mass is 10.1. The van der Waals surface area contributed by atoms with Crippen molar-refractivity contribution >= 4 is 17.2 Å². The first-order chi connectivity index (χ1) is 12.2. The van der Waals surface area contributed by atoms with Crippen LogP contribution >= 0.6 is 11.3 Å². The van der Waals surface area contributed by atoms with Gasteiger partial charge in [0.2, 0.25) is 0 Å². The van der Waals surface area contributed by atoms with E-state index in [0.717, 1.165) is 34.0 Å². The normalized spacial score (nSPS) is 10.5. The van der Waals surface area contributed by atoms with Crippen LogP contribution in [-0.2, 0) is 6.42 Å². The number of para-hydroxylation sites is 1. The summed E-state index contributed by atoms with van der Waals surface area (Å²) in [6.45, 7) is 2.43. The van der Waals surface area contributed by atoms with E-state index in [9.17, 15) is 4.79 Å². The van der Waals surface area contributed by atoms with Gasteiger partial charge in [-0.15, -0.1) is 11.3 Å². The Morgan fingerprint density at radius 3 is 2.60 bits per heavy atom. The predicted octanol–water partition coefficient (Wildman–Crippen LogP) is 4.10. The molecule has 0 radical (unpaired) electrons.